The average Bonchev–Trinajstić information content (AvgIpc) is 2.68. The van der Waals surface area contributed by atoms with Gasteiger partial charge in [-0.2, -0.15) is 0 Å². The predicted molar refractivity (Wildman–Crippen MR) is 104 cm³/mol. The van der Waals surface area contributed by atoms with Crippen LogP contribution in [0.4, 0.5) is 0 Å². The summed E-state index contributed by atoms with van der Waals surface area (Å²) in [4.78, 5) is 23.0. The maximum absolute atomic E-state index is 11.8. The zero-order valence-electron chi connectivity index (χ0n) is 16.2. The zero-order chi connectivity index (χ0) is 19.4. The van der Waals surface area contributed by atoms with Crippen molar-refractivity contribution in [1.82, 2.24) is 0 Å². The summed E-state index contributed by atoms with van der Waals surface area (Å²) >= 11 is 0. The molecule has 0 heterocycles. The Bertz CT molecular complexity index is 797. The van der Waals surface area contributed by atoms with Crippen molar-refractivity contribution in [2.75, 3.05) is 7.11 Å². The Labute approximate surface area is 160 Å². The van der Waals surface area contributed by atoms with Gasteiger partial charge in [0.15, 0.2) is 0 Å². The van der Waals surface area contributed by atoms with Gasteiger partial charge in [-0.05, 0) is 68.0 Å². The first kappa shape index (κ1) is 19.2. The van der Waals surface area contributed by atoms with E-state index in [4.69, 9.17) is 9.47 Å². The molecular formula is C23H26O4. The van der Waals surface area contributed by atoms with Crippen LogP contribution >= 0.6 is 0 Å². The fourth-order valence-corrected chi connectivity index (χ4v) is 4.18. The maximum atomic E-state index is 11.8. The summed E-state index contributed by atoms with van der Waals surface area (Å²) in [5.41, 5.74) is 2.27. The summed E-state index contributed by atoms with van der Waals surface area (Å²) in [6.07, 6.45) is 3.59. The molecule has 27 heavy (non-hydrogen) atoms. The van der Waals surface area contributed by atoms with Crippen LogP contribution < -0.4 is 9.47 Å². The predicted octanol–water partition coefficient (Wildman–Crippen LogP) is 4.69. The number of rotatable bonds is 5. The Hall–Kier alpha value is -2.62. The van der Waals surface area contributed by atoms with Crippen LogP contribution in [0.5, 0.6) is 11.5 Å². The van der Waals surface area contributed by atoms with Crippen molar-refractivity contribution in [1.29, 1.82) is 0 Å². The minimum absolute atomic E-state index is 0.146. The first-order valence-electron chi connectivity index (χ1n) is 9.38. The molecule has 0 amide bonds. The molecule has 0 unspecified atom stereocenters. The monoisotopic (exact) mass is 366 g/mol. The summed E-state index contributed by atoms with van der Waals surface area (Å²) < 4.78 is 10.5. The fourth-order valence-electron chi connectivity index (χ4n) is 4.18. The topological polar surface area (TPSA) is 52.6 Å². The number of Topliss-reactive ketones (excluding diaryl/α,β-unsaturated/α-hetero) is 1. The number of ketones is 1. The molecule has 4 heteroatoms. The van der Waals surface area contributed by atoms with E-state index in [0.29, 0.717) is 5.75 Å². The van der Waals surface area contributed by atoms with Gasteiger partial charge in [-0.3, -0.25) is 9.59 Å². The average molecular weight is 366 g/mol. The molecule has 0 N–H and O–H groups in total. The largest absolute Gasteiger partial charge is 0.497 e. The molecule has 0 aliphatic heterocycles. The molecule has 0 radical (unpaired) electrons. The van der Waals surface area contributed by atoms with Crippen LogP contribution in [0.2, 0.25) is 0 Å². The van der Waals surface area contributed by atoms with E-state index in [2.05, 4.69) is 12.1 Å². The third-order valence-corrected chi connectivity index (χ3v) is 5.73. The first-order chi connectivity index (χ1) is 12.9. The Morgan fingerprint density at radius 2 is 1.33 bits per heavy atom. The SMILES string of the molecule is COc1ccc(C2(c3ccc(OC(C)=O)cc3)CCC(C(C)=O)CC2)cc1. The molecule has 0 saturated heterocycles. The van der Waals surface area contributed by atoms with Gasteiger partial charge in [0, 0.05) is 18.3 Å². The van der Waals surface area contributed by atoms with Crippen LogP contribution in [0, 0.1) is 5.92 Å². The molecule has 2 aromatic rings. The number of ether oxygens (including phenoxy) is 2. The van der Waals surface area contributed by atoms with Crippen molar-refractivity contribution < 1.29 is 19.1 Å². The Morgan fingerprint density at radius 1 is 0.852 bits per heavy atom. The Balaban J connectivity index is 1.97. The Kier molecular flexibility index (Phi) is 5.64. The van der Waals surface area contributed by atoms with Crippen molar-refractivity contribution >= 4 is 11.8 Å². The third-order valence-electron chi connectivity index (χ3n) is 5.73. The number of benzene rings is 2. The minimum atomic E-state index is -0.324. The van der Waals surface area contributed by atoms with Crippen LogP contribution in [0.1, 0.15) is 50.7 Å². The third kappa shape index (κ3) is 4.05. The zero-order valence-corrected chi connectivity index (χ0v) is 16.2. The van der Waals surface area contributed by atoms with Crippen LogP contribution in [-0.2, 0) is 15.0 Å². The molecule has 0 spiro atoms. The summed E-state index contributed by atoms with van der Waals surface area (Å²) in [5.74, 6) is 1.49. The van der Waals surface area contributed by atoms with E-state index < -0.39 is 0 Å². The quantitative estimate of drug-likeness (QED) is 0.569. The van der Waals surface area contributed by atoms with Gasteiger partial charge >= 0.3 is 5.97 Å². The van der Waals surface area contributed by atoms with Gasteiger partial charge in [0.2, 0.25) is 0 Å². The van der Waals surface area contributed by atoms with Crippen molar-refractivity contribution in [3.8, 4) is 11.5 Å². The van der Waals surface area contributed by atoms with Crippen LogP contribution in [0.25, 0.3) is 0 Å². The van der Waals surface area contributed by atoms with E-state index in [9.17, 15) is 9.59 Å². The molecule has 3 rings (SSSR count). The lowest BCUT2D eigenvalue weighted by atomic mass is 9.62. The number of methoxy groups -OCH3 is 1. The second-order valence-corrected chi connectivity index (χ2v) is 7.31. The number of esters is 1. The molecule has 1 saturated carbocycles. The standard InChI is InChI=1S/C23H26O4/c1-16(24)18-12-14-23(15-13-18,19-4-8-21(26-3)9-5-19)20-6-10-22(11-7-20)27-17(2)25/h4-11,18H,12-15H2,1-3H3. The van der Waals surface area contributed by atoms with Gasteiger partial charge in [-0.1, -0.05) is 24.3 Å². The lowest BCUT2D eigenvalue weighted by Gasteiger charge is -2.41. The second-order valence-electron chi connectivity index (χ2n) is 7.31. The summed E-state index contributed by atoms with van der Waals surface area (Å²) in [6.45, 7) is 3.09. The van der Waals surface area contributed by atoms with E-state index in [1.807, 2.05) is 36.4 Å². The highest BCUT2D eigenvalue weighted by Crippen LogP contribution is 2.47. The van der Waals surface area contributed by atoms with Gasteiger partial charge in [0.25, 0.3) is 0 Å². The number of carbonyl (C=O) groups is 2. The van der Waals surface area contributed by atoms with Gasteiger partial charge in [-0.25, -0.2) is 0 Å². The lowest BCUT2D eigenvalue weighted by Crippen LogP contribution is -2.34. The number of hydrogen-bond acceptors (Lipinski definition) is 4. The van der Waals surface area contributed by atoms with E-state index in [1.165, 1.54) is 18.1 Å². The van der Waals surface area contributed by atoms with Crippen molar-refractivity contribution in [2.45, 2.75) is 44.9 Å². The molecule has 0 bridgehead atoms. The molecular weight excluding hydrogens is 340 g/mol. The van der Waals surface area contributed by atoms with E-state index in [0.717, 1.165) is 31.4 Å². The van der Waals surface area contributed by atoms with Crippen molar-refractivity contribution in [2.24, 2.45) is 5.92 Å². The summed E-state index contributed by atoms with van der Waals surface area (Å²) in [5, 5.41) is 0. The minimum Gasteiger partial charge on any atom is -0.497 e. The van der Waals surface area contributed by atoms with Gasteiger partial charge in [0.05, 0.1) is 7.11 Å². The van der Waals surface area contributed by atoms with E-state index >= 15 is 0 Å². The van der Waals surface area contributed by atoms with Crippen molar-refractivity contribution in [3.05, 3.63) is 59.7 Å². The summed E-state index contributed by atoms with van der Waals surface area (Å²) in [6, 6.07) is 16.0. The maximum Gasteiger partial charge on any atom is 0.308 e. The van der Waals surface area contributed by atoms with Gasteiger partial charge in [-0.15, -0.1) is 0 Å². The van der Waals surface area contributed by atoms with Gasteiger partial charge in [0.1, 0.15) is 17.3 Å². The van der Waals surface area contributed by atoms with Crippen LogP contribution in [0.15, 0.2) is 48.5 Å². The smallest absolute Gasteiger partial charge is 0.308 e. The van der Waals surface area contributed by atoms with Crippen LogP contribution in [-0.4, -0.2) is 18.9 Å². The molecule has 1 aliphatic rings. The van der Waals surface area contributed by atoms with Gasteiger partial charge < -0.3 is 9.47 Å². The molecule has 1 aliphatic carbocycles. The van der Waals surface area contributed by atoms with Crippen molar-refractivity contribution in [3.63, 3.8) is 0 Å². The molecule has 0 atom stereocenters. The highest BCUT2D eigenvalue weighted by atomic mass is 16.5. The molecule has 2 aromatic carbocycles. The molecule has 4 nitrogen and oxygen atoms in total. The second kappa shape index (κ2) is 7.95. The lowest BCUT2D eigenvalue weighted by molar-refractivity contribution is -0.131. The molecule has 0 aromatic heterocycles. The number of hydrogen-bond donors (Lipinski definition) is 0. The highest BCUT2D eigenvalue weighted by molar-refractivity contribution is 5.78. The highest BCUT2D eigenvalue weighted by Gasteiger charge is 2.39. The molecule has 142 valence electrons. The van der Waals surface area contributed by atoms with Crippen LogP contribution in [0.3, 0.4) is 0 Å². The van der Waals surface area contributed by atoms with E-state index in [1.54, 1.807) is 14.0 Å². The first-order valence-corrected chi connectivity index (χ1v) is 9.38. The fraction of sp³-hybridized carbons (Fsp3) is 0.391. The normalized spacial score (nSPS) is 22.1. The molecule has 1 fully saturated rings. The number of carbonyl (C=O) groups excluding carboxylic acids is 2. The summed E-state index contributed by atoms with van der Waals surface area (Å²) in [7, 11) is 1.66. The Morgan fingerprint density at radius 3 is 1.74 bits per heavy atom. The van der Waals surface area contributed by atoms with E-state index in [-0.39, 0.29) is 23.1 Å².